The fourth-order valence-corrected chi connectivity index (χ4v) is 1.41. The van der Waals surface area contributed by atoms with E-state index < -0.39 is 4.92 Å². The van der Waals surface area contributed by atoms with Crippen LogP contribution < -0.4 is 5.73 Å². The number of nitrogens with two attached hydrogens (primary N) is 1. The Bertz CT molecular complexity index is 508. The number of nitro groups is 1. The van der Waals surface area contributed by atoms with Crippen molar-refractivity contribution < 1.29 is 4.92 Å². The van der Waals surface area contributed by atoms with Gasteiger partial charge in [0.25, 0.3) is 5.69 Å². The molecule has 2 aromatic rings. The summed E-state index contributed by atoms with van der Waals surface area (Å²) in [5.41, 5.74) is 6.44. The number of nitrogens with zero attached hydrogens (tertiary/aromatic N) is 1. The summed E-state index contributed by atoms with van der Waals surface area (Å²) < 4.78 is 0. The third-order valence-electron chi connectivity index (χ3n) is 2.11. The Labute approximate surface area is 80.1 Å². The highest BCUT2D eigenvalue weighted by Crippen LogP contribution is 2.24. The lowest BCUT2D eigenvalue weighted by molar-refractivity contribution is -0.384. The first kappa shape index (κ1) is 8.50. The molecule has 0 saturated carbocycles. The van der Waals surface area contributed by atoms with Gasteiger partial charge in [0.1, 0.15) is 0 Å². The SMILES string of the molecule is Nc1cccc2cc([N+](=O)[O-])ccc12. The predicted molar refractivity (Wildman–Crippen MR) is 55.0 cm³/mol. The molecule has 0 atom stereocenters. The third-order valence-corrected chi connectivity index (χ3v) is 2.11. The zero-order valence-electron chi connectivity index (χ0n) is 7.31. The van der Waals surface area contributed by atoms with E-state index in [2.05, 4.69) is 0 Å². The Hall–Kier alpha value is -2.10. The van der Waals surface area contributed by atoms with Crippen LogP contribution in [0.25, 0.3) is 10.8 Å². The maximum Gasteiger partial charge on any atom is 0.270 e. The molecule has 0 aliphatic heterocycles. The molecule has 0 aliphatic carbocycles. The van der Waals surface area contributed by atoms with Crippen molar-refractivity contribution in [3.05, 3.63) is 46.5 Å². The van der Waals surface area contributed by atoms with Crippen molar-refractivity contribution in [3.63, 3.8) is 0 Å². The van der Waals surface area contributed by atoms with Gasteiger partial charge in [0.05, 0.1) is 4.92 Å². The first-order chi connectivity index (χ1) is 6.68. The van der Waals surface area contributed by atoms with Crippen molar-refractivity contribution in [2.24, 2.45) is 0 Å². The van der Waals surface area contributed by atoms with E-state index in [1.165, 1.54) is 12.1 Å². The van der Waals surface area contributed by atoms with Gasteiger partial charge in [0, 0.05) is 23.2 Å². The minimum Gasteiger partial charge on any atom is -0.398 e. The minimum atomic E-state index is -0.414. The van der Waals surface area contributed by atoms with E-state index in [9.17, 15) is 10.1 Å². The standard InChI is InChI=1S/C10H8N2O2/c11-10-3-1-2-7-6-8(12(13)14)4-5-9(7)10/h1-6H,11H2. The van der Waals surface area contributed by atoms with E-state index in [0.29, 0.717) is 5.69 Å². The molecule has 0 heterocycles. The number of non-ortho nitro benzene ring substituents is 1. The van der Waals surface area contributed by atoms with Crippen molar-refractivity contribution in [1.29, 1.82) is 0 Å². The molecule has 0 unspecified atom stereocenters. The summed E-state index contributed by atoms with van der Waals surface area (Å²) in [7, 11) is 0. The molecule has 2 rings (SSSR count). The van der Waals surface area contributed by atoms with E-state index in [0.717, 1.165) is 10.8 Å². The first-order valence-electron chi connectivity index (χ1n) is 4.11. The van der Waals surface area contributed by atoms with Crippen LogP contribution in [0.15, 0.2) is 36.4 Å². The zero-order valence-corrected chi connectivity index (χ0v) is 7.31. The summed E-state index contributed by atoms with van der Waals surface area (Å²) in [6.45, 7) is 0. The second kappa shape index (κ2) is 2.99. The summed E-state index contributed by atoms with van der Waals surface area (Å²) in [4.78, 5) is 10.1. The van der Waals surface area contributed by atoms with Crippen LogP contribution in [0.1, 0.15) is 0 Å². The molecule has 70 valence electrons. The average molecular weight is 188 g/mol. The topological polar surface area (TPSA) is 69.2 Å². The number of nitro benzene ring substituents is 1. The summed E-state index contributed by atoms with van der Waals surface area (Å²) in [6, 6.07) is 10.0. The highest BCUT2D eigenvalue weighted by atomic mass is 16.6. The van der Waals surface area contributed by atoms with Crippen molar-refractivity contribution in [3.8, 4) is 0 Å². The molecule has 0 amide bonds. The van der Waals surface area contributed by atoms with Gasteiger partial charge in [-0.05, 0) is 17.5 Å². The molecule has 2 N–H and O–H groups in total. The quantitative estimate of drug-likeness (QED) is 0.424. The van der Waals surface area contributed by atoms with Crippen LogP contribution >= 0.6 is 0 Å². The van der Waals surface area contributed by atoms with Crippen LogP contribution in [0.3, 0.4) is 0 Å². The lowest BCUT2D eigenvalue weighted by atomic mass is 10.1. The molecule has 0 radical (unpaired) electrons. The monoisotopic (exact) mass is 188 g/mol. The van der Waals surface area contributed by atoms with Gasteiger partial charge in [-0.15, -0.1) is 0 Å². The van der Waals surface area contributed by atoms with Crippen molar-refractivity contribution in [2.45, 2.75) is 0 Å². The van der Waals surface area contributed by atoms with Crippen LogP contribution in [-0.4, -0.2) is 4.92 Å². The van der Waals surface area contributed by atoms with Gasteiger partial charge in [-0.2, -0.15) is 0 Å². The molecule has 4 heteroatoms. The highest BCUT2D eigenvalue weighted by Gasteiger charge is 2.06. The average Bonchev–Trinajstić information content (AvgIpc) is 2.17. The molecule has 0 aromatic heterocycles. The van der Waals surface area contributed by atoms with Gasteiger partial charge < -0.3 is 5.73 Å². The van der Waals surface area contributed by atoms with E-state index in [1.807, 2.05) is 0 Å². The van der Waals surface area contributed by atoms with Crippen molar-refractivity contribution in [2.75, 3.05) is 5.73 Å². The van der Waals surface area contributed by atoms with E-state index in [4.69, 9.17) is 5.73 Å². The van der Waals surface area contributed by atoms with Gasteiger partial charge in [0.2, 0.25) is 0 Å². The predicted octanol–water partition coefficient (Wildman–Crippen LogP) is 2.33. The van der Waals surface area contributed by atoms with Crippen LogP contribution in [-0.2, 0) is 0 Å². The first-order valence-corrected chi connectivity index (χ1v) is 4.11. The van der Waals surface area contributed by atoms with Crippen LogP contribution in [0.4, 0.5) is 11.4 Å². The maximum atomic E-state index is 10.5. The smallest absolute Gasteiger partial charge is 0.270 e. The Balaban J connectivity index is 2.73. The number of rotatable bonds is 1. The number of hydrogen-bond acceptors (Lipinski definition) is 3. The maximum absolute atomic E-state index is 10.5. The van der Waals surface area contributed by atoms with Crippen molar-refractivity contribution in [1.82, 2.24) is 0 Å². The number of benzene rings is 2. The van der Waals surface area contributed by atoms with Crippen LogP contribution in [0.2, 0.25) is 0 Å². The van der Waals surface area contributed by atoms with Gasteiger partial charge in [-0.3, -0.25) is 10.1 Å². The highest BCUT2D eigenvalue weighted by molar-refractivity contribution is 5.94. The van der Waals surface area contributed by atoms with Gasteiger partial charge >= 0.3 is 0 Å². The molecular weight excluding hydrogens is 180 g/mol. The molecule has 0 spiro atoms. The normalized spacial score (nSPS) is 10.3. The minimum absolute atomic E-state index is 0.0862. The Morgan fingerprint density at radius 2 is 2.00 bits per heavy atom. The lowest BCUT2D eigenvalue weighted by Gasteiger charge is -2.00. The second-order valence-corrected chi connectivity index (χ2v) is 3.01. The van der Waals surface area contributed by atoms with Crippen molar-refractivity contribution >= 4 is 22.1 Å². The summed E-state index contributed by atoms with van der Waals surface area (Å²) >= 11 is 0. The second-order valence-electron chi connectivity index (χ2n) is 3.01. The van der Waals surface area contributed by atoms with Gasteiger partial charge in [0.15, 0.2) is 0 Å². The van der Waals surface area contributed by atoms with E-state index >= 15 is 0 Å². The lowest BCUT2D eigenvalue weighted by Crippen LogP contribution is -1.89. The summed E-state index contributed by atoms with van der Waals surface area (Å²) in [6.07, 6.45) is 0. The molecule has 0 bridgehead atoms. The third kappa shape index (κ3) is 1.26. The van der Waals surface area contributed by atoms with Crippen LogP contribution in [0, 0.1) is 10.1 Å². The summed E-state index contributed by atoms with van der Waals surface area (Å²) in [5.74, 6) is 0. The number of hydrogen-bond donors (Lipinski definition) is 1. The molecule has 0 aliphatic rings. The van der Waals surface area contributed by atoms with E-state index in [-0.39, 0.29) is 5.69 Å². The number of nitrogen functional groups attached to an aromatic ring is 1. The van der Waals surface area contributed by atoms with E-state index in [1.54, 1.807) is 24.3 Å². The summed E-state index contributed by atoms with van der Waals surface area (Å²) in [5, 5.41) is 12.1. The number of fused-ring (bicyclic) bond motifs is 1. The molecular formula is C10H8N2O2. The Morgan fingerprint density at radius 1 is 1.21 bits per heavy atom. The molecule has 2 aromatic carbocycles. The van der Waals surface area contributed by atoms with Crippen LogP contribution in [0.5, 0.6) is 0 Å². The zero-order chi connectivity index (χ0) is 10.1. The Kier molecular flexibility index (Phi) is 1.81. The Morgan fingerprint density at radius 3 is 2.71 bits per heavy atom. The fraction of sp³-hybridized carbons (Fsp3) is 0. The van der Waals surface area contributed by atoms with Gasteiger partial charge in [-0.1, -0.05) is 12.1 Å². The largest absolute Gasteiger partial charge is 0.398 e. The number of anilines is 1. The molecule has 0 saturated heterocycles. The molecule has 0 fully saturated rings. The molecule has 14 heavy (non-hydrogen) atoms. The molecule has 4 nitrogen and oxygen atoms in total. The van der Waals surface area contributed by atoms with Gasteiger partial charge in [-0.25, -0.2) is 0 Å². The fourth-order valence-electron chi connectivity index (χ4n) is 1.41.